The maximum absolute atomic E-state index is 5.12. The Hall–Kier alpha value is -6.60. The lowest BCUT2D eigenvalue weighted by atomic mass is 9.85. The van der Waals surface area contributed by atoms with E-state index in [9.17, 15) is 0 Å². The van der Waals surface area contributed by atoms with E-state index in [1.165, 1.54) is 69.3 Å². The Bertz CT molecular complexity index is 3180. The topological polar surface area (TPSA) is 43.6 Å². The molecule has 268 valence electrons. The molecule has 0 saturated heterocycles. The normalized spacial score (nSPS) is 16.0. The van der Waals surface area contributed by atoms with E-state index in [-0.39, 0.29) is 5.92 Å². The highest BCUT2D eigenvalue weighted by Gasteiger charge is 2.35. The standard InChI is InChI=1S/C51H32N4S2/c1-3-14-31(15-4-1)49-52-50(32-16-5-2-6-17-32)54-51(53-49)40-23-11-22-39-47-37(21-13-27-44(47)57-48(39)40)36-20-12-26-43-46(36)38-29-28-33(30-45(38)56-43)55-41-24-9-7-18-34(41)35-19-8-10-25-42(35)55/h1-30,38,45H. The van der Waals surface area contributed by atoms with Crippen LogP contribution in [0.15, 0.2) is 187 Å². The van der Waals surface area contributed by atoms with E-state index < -0.39 is 0 Å². The van der Waals surface area contributed by atoms with Crippen molar-refractivity contribution in [2.24, 2.45) is 0 Å². The second kappa shape index (κ2) is 13.0. The number of rotatable bonds is 5. The molecule has 0 spiro atoms. The van der Waals surface area contributed by atoms with Gasteiger partial charge < -0.3 is 4.57 Å². The summed E-state index contributed by atoms with van der Waals surface area (Å²) in [6, 6.07) is 58.1. The summed E-state index contributed by atoms with van der Waals surface area (Å²) in [6.45, 7) is 0. The highest BCUT2D eigenvalue weighted by molar-refractivity contribution is 8.00. The summed E-state index contributed by atoms with van der Waals surface area (Å²) in [5.74, 6) is 2.29. The summed E-state index contributed by atoms with van der Waals surface area (Å²) in [5.41, 5.74) is 10.7. The summed E-state index contributed by atoms with van der Waals surface area (Å²) < 4.78 is 4.87. The number of aromatic nitrogens is 4. The van der Waals surface area contributed by atoms with Crippen molar-refractivity contribution < 1.29 is 0 Å². The van der Waals surface area contributed by atoms with Crippen molar-refractivity contribution in [3.63, 3.8) is 0 Å². The van der Waals surface area contributed by atoms with E-state index in [1.54, 1.807) is 0 Å². The van der Waals surface area contributed by atoms with E-state index in [0.29, 0.717) is 22.7 Å². The van der Waals surface area contributed by atoms with Crippen molar-refractivity contribution in [1.82, 2.24) is 19.5 Å². The van der Waals surface area contributed by atoms with Gasteiger partial charge in [0, 0.05) is 69.4 Å². The molecule has 2 atom stereocenters. The summed E-state index contributed by atoms with van der Waals surface area (Å²) in [6.07, 6.45) is 7.29. The van der Waals surface area contributed by atoms with Gasteiger partial charge in [-0.2, -0.15) is 0 Å². The zero-order chi connectivity index (χ0) is 37.5. The molecule has 2 unspecified atom stereocenters. The first-order chi connectivity index (χ1) is 28.3. The summed E-state index contributed by atoms with van der Waals surface area (Å²) in [5, 5.41) is 5.38. The van der Waals surface area contributed by atoms with E-state index in [4.69, 9.17) is 15.0 Å². The molecule has 4 nitrogen and oxygen atoms in total. The van der Waals surface area contributed by atoms with Crippen molar-refractivity contribution in [2.75, 3.05) is 0 Å². The fraction of sp³-hybridized carbons (Fsp3) is 0.0392. The van der Waals surface area contributed by atoms with Gasteiger partial charge in [-0.1, -0.05) is 140 Å². The Balaban J connectivity index is 0.985. The number of thiophene rings is 1. The van der Waals surface area contributed by atoms with Crippen LogP contribution in [0.5, 0.6) is 0 Å². The molecule has 0 N–H and O–H groups in total. The number of hydrogen-bond donors (Lipinski definition) is 0. The highest BCUT2D eigenvalue weighted by Crippen LogP contribution is 2.54. The quantitative estimate of drug-likeness (QED) is 0.175. The first-order valence-corrected chi connectivity index (χ1v) is 21.0. The third kappa shape index (κ3) is 5.18. The van der Waals surface area contributed by atoms with Gasteiger partial charge in [0.05, 0.1) is 11.0 Å². The summed E-state index contributed by atoms with van der Waals surface area (Å²) in [7, 11) is 0. The van der Waals surface area contributed by atoms with Gasteiger partial charge in [0.1, 0.15) is 0 Å². The fourth-order valence-corrected chi connectivity index (χ4v) is 11.5. The maximum atomic E-state index is 5.12. The van der Waals surface area contributed by atoms with E-state index >= 15 is 0 Å². The van der Waals surface area contributed by atoms with Crippen molar-refractivity contribution in [3.05, 3.63) is 188 Å². The minimum Gasteiger partial charge on any atom is -0.310 e. The number of fused-ring (bicyclic) bond motifs is 9. The molecule has 0 fully saturated rings. The van der Waals surface area contributed by atoms with Crippen molar-refractivity contribution in [1.29, 1.82) is 0 Å². The van der Waals surface area contributed by atoms with Crippen LogP contribution in [0.4, 0.5) is 0 Å². The van der Waals surface area contributed by atoms with Crippen LogP contribution < -0.4 is 0 Å². The van der Waals surface area contributed by atoms with Crippen LogP contribution in [-0.4, -0.2) is 24.8 Å². The number of thioether (sulfide) groups is 1. The van der Waals surface area contributed by atoms with Crippen LogP contribution in [0.3, 0.4) is 0 Å². The van der Waals surface area contributed by atoms with Crippen LogP contribution in [0, 0.1) is 0 Å². The lowest BCUT2D eigenvalue weighted by molar-refractivity contribution is 0.879. The molecule has 4 heterocycles. The lowest BCUT2D eigenvalue weighted by Crippen LogP contribution is -2.12. The molecule has 0 radical (unpaired) electrons. The monoisotopic (exact) mass is 764 g/mol. The van der Waals surface area contributed by atoms with Gasteiger partial charge in [-0.25, -0.2) is 15.0 Å². The molecular weight excluding hydrogens is 733 g/mol. The van der Waals surface area contributed by atoms with Crippen LogP contribution >= 0.6 is 23.1 Å². The molecule has 0 amide bonds. The second-order valence-electron chi connectivity index (χ2n) is 14.6. The zero-order valence-corrected chi connectivity index (χ0v) is 32.2. The molecule has 1 aliphatic heterocycles. The molecule has 57 heavy (non-hydrogen) atoms. The number of allylic oxidation sites excluding steroid dienone is 3. The Morgan fingerprint density at radius 3 is 1.79 bits per heavy atom. The largest absolute Gasteiger partial charge is 0.310 e. The van der Waals surface area contributed by atoms with Gasteiger partial charge in [-0.05, 0) is 59.2 Å². The first kappa shape index (κ1) is 32.6. The molecule has 7 aromatic carbocycles. The smallest absolute Gasteiger partial charge is 0.165 e. The van der Waals surface area contributed by atoms with E-state index in [0.717, 1.165) is 16.7 Å². The lowest BCUT2D eigenvalue weighted by Gasteiger charge is -2.22. The SMILES string of the molecule is C1=CC2c3c(cccc3-c3cccc4sc5c(-c6nc(-c7ccccc7)nc(-c7ccccc7)n6)cccc5c34)SC2C=C1n1c2ccccc2c2ccccc21. The molecule has 0 bridgehead atoms. The van der Waals surface area contributed by atoms with Crippen LogP contribution in [-0.2, 0) is 0 Å². The third-order valence-electron chi connectivity index (χ3n) is 11.4. The molecule has 6 heteroatoms. The molecule has 12 rings (SSSR count). The van der Waals surface area contributed by atoms with Gasteiger partial charge >= 0.3 is 0 Å². The molecule has 0 saturated carbocycles. The average molecular weight is 765 g/mol. The summed E-state index contributed by atoms with van der Waals surface area (Å²) in [4.78, 5) is 16.5. The Morgan fingerprint density at radius 1 is 0.491 bits per heavy atom. The predicted molar refractivity (Wildman–Crippen MR) is 240 cm³/mol. The second-order valence-corrected chi connectivity index (χ2v) is 16.9. The Morgan fingerprint density at radius 2 is 1.07 bits per heavy atom. The molecule has 2 aliphatic rings. The minimum atomic E-state index is 0.270. The minimum absolute atomic E-state index is 0.270. The van der Waals surface area contributed by atoms with Gasteiger partial charge in [-0.15, -0.1) is 23.1 Å². The maximum Gasteiger partial charge on any atom is 0.165 e. The third-order valence-corrected chi connectivity index (χ3v) is 13.9. The number of hydrogen-bond acceptors (Lipinski definition) is 5. The molecule has 3 aromatic heterocycles. The van der Waals surface area contributed by atoms with Crippen molar-refractivity contribution >= 4 is 70.8 Å². The van der Waals surface area contributed by atoms with Crippen molar-refractivity contribution in [2.45, 2.75) is 16.1 Å². The van der Waals surface area contributed by atoms with Gasteiger partial charge in [0.25, 0.3) is 0 Å². The number of benzene rings is 7. The van der Waals surface area contributed by atoms with Gasteiger partial charge in [0.2, 0.25) is 0 Å². The number of nitrogens with zero attached hydrogens (tertiary/aromatic N) is 4. The highest BCUT2D eigenvalue weighted by atomic mass is 32.2. The van der Waals surface area contributed by atoms with Gasteiger partial charge in [-0.3, -0.25) is 0 Å². The first-order valence-electron chi connectivity index (χ1n) is 19.3. The predicted octanol–water partition coefficient (Wildman–Crippen LogP) is 13.7. The number of para-hydroxylation sites is 2. The Kier molecular flexibility index (Phi) is 7.43. The van der Waals surface area contributed by atoms with Crippen LogP contribution in [0.1, 0.15) is 11.5 Å². The average Bonchev–Trinajstić information content (AvgIpc) is 3.96. The molecule has 10 aromatic rings. The molecule has 1 aliphatic carbocycles. The van der Waals surface area contributed by atoms with E-state index in [2.05, 4.69) is 150 Å². The summed E-state index contributed by atoms with van der Waals surface area (Å²) >= 11 is 3.81. The van der Waals surface area contributed by atoms with E-state index in [1.807, 2.05) is 59.5 Å². The van der Waals surface area contributed by atoms with Crippen molar-refractivity contribution in [3.8, 4) is 45.3 Å². The molecular formula is C51H32N4S2. The van der Waals surface area contributed by atoms with Crippen LogP contribution in [0.2, 0.25) is 0 Å². The van der Waals surface area contributed by atoms with Crippen LogP contribution in [0.25, 0.3) is 93.0 Å². The fourth-order valence-electron chi connectivity index (χ4n) is 8.91. The Labute approximate surface area is 337 Å². The van der Waals surface area contributed by atoms with Gasteiger partial charge in [0.15, 0.2) is 17.5 Å². The zero-order valence-electron chi connectivity index (χ0n) is 30.6.